The first-order valence-electron chi connectivity index (χ1n) is 10.5. The molecule has 2 N–H and O–H groups in total. The molecule has 1 fully saturated rings. The van der Waals surface area contributed by atoms with Crippen LogP contribution in [0.25, 0.3) is 0 Å². The van der Waals surface area contributed by atoms with Crippen LogP contribution in [0.5, 0.6) is 11.5 Å². The molecule has 1 saturated carbocycles. The van der Waals surface area contributed by atoms with Gasteiger partial charge >= 0.3 is 0 Å². The molecule has 2 aromatic carbocycles. The minimum Gasteiger partial charge on any atom is -0.493 e. The Labute approximate surface area is 178 Å². The van der Waals surface area contributed by atoms with Crippen molar-refractivity contribution in [2.75, 3.05) is 14.2 Å². The van der Waals surface area contributed by atoms with Crippen LogP contribution >= 0.6 is 0 Å². The third kappa shape index (κ3) is 5.75. The molecule has 2 aromatic rings. The topological polar surface area (TPSA) is 76.7 Å². The van der Waals surface area contributed by atoms with Gasteiger partial charge in [0.1, 0.15) is 0 Å². The fourth-order valence-corrected chi connectivity index (χ4v) is 3.73. The van der Waals surface area contributed by atoms with Crippen molar-refractivity contribution in [1.29, 1.82) is 0 Å². The van der Waals surface area contributed by atoms with Gasteiger partial charge in [0.2, 0.25) is 0 Å². The zero-order chi connectivity index (χ0) is 21.3. The van der Waals surface area contributed by atoms with Crippen molar-refractivity contribution in [2.45, 2.75) is 51.1 Å². The van der Waals surface area contributed by atoms with E-state index in [9.17, 15) is 9.59 Å². The first kappa shape index (κ1) is 21.7. The lowest BCUT2D eigenvalue weighted by atomic mass is 10.1. The second-order valence-corrected chi connectivity index (χ2v) is 7.61. The summed E-state index contributed by atoms with van der Waals surface area (Å²) in [4.78, 5) is 24.9. The van der Waals surface area contributed by atoms with Gasteiger partial charge in [-0.2, -0.15) is 0 Å². The first-order valence-corrected chi connectivity index (χ1v) is 10.5. The number of nitrogens with one attached hydrogen (secondary N) is 2. The number of rotatable bonds is 7. The van der Waals surface area contributed by atoms with Crippen LogP contribution in [0.1, 0.15) is 64.8 Å². The molecule has 0 aliphatic heterocycles. The molecule has 6 nitrogen and oxygen atoms in total. The van der Waals surface area contributed by atoms with Crippen LogP contribution in [0, 0.1) is 0 Å². The lowest BCUT2D eigenvalue weighted by molar-refractivity contribution is 0.0929. The molecule has 0 spiro atoms. The van der Waals surface area contributed by atoms with Crippen LogP contribution in [-0.4, -0.2) is 32.1 Å². The van der Waals surface area contributed by atoms with E-state index in [1.165, 1.54) is 32.8 Å². The second kappa shape index (κ2) is 10.7. The van der Waals surface area contributed by atoms with Gasteiger partial charge in [-0.1, -0.05) is 37.8 Å². The molecule has 0 atom stereocenters. The maximum absolute atomic E-state index is 12.5. The van der Waals surface area contributed by atoms with Gasteiger partial charge in [-0.3, -0.25) is 9.59 Å². The average Bonchev–Trinajstić information content (AvgIpc) is 3.05. The molecular weight excluding hydrogens is 380 g/mol. The Hall–Kier alpha value is -3.02. The second-order valence-electron chi connectivity index (χ2n) is 7.61. The van der Waals surface area contributed by atoms with E-state index < -0.39 is 0 Å². The molecule has 0 saturated heterocycles. The highest BCUT2D eigenvalue weighted by molar-refractivity contribution is 5.95. The van der Waals surface area contributed by atoms with Gasteiger partial charge in [-0.05, 0) is 48.7 Å². The number of methoxy groups -OCH3 is 2. The Bertz CT molecular complexity index is 856. The third-order valence-electron chi connectivity index (χ3n) is 5.51. The lowest BCUT2D eigenvalue weighted by Gasteiger charge is -2.16. The summed E-state index contributed by atoms with van der Waals surface area (Å²) in [6.07, 6.45) is 7.01. The van der Waals surface area contributed by atoms with Gasteiger partial charge in [-0.25, -0.2) is 0 Å². The Kier molecular flexibility index (Phi) is 7.71. The minimum atomic E-state index is -0.203. The molecule has 0 bridgehead atoms. The van der Waals surface area contributed by atoms with Crippen molar-refractivity contribution >= 4 is 11.8 Å². The number of ether oxygens (including phenoxy) is 2. The van der Waals surface area contributed by atoms with Crippen LogP contribution in [-0.2, 0) is 6.54 Å². The van der Waals surface area contributed by atoms with Gasteiger partial charge in [0.15, 0.2) is 11.5 Å². The van der Waals surface area contributed by atoms with Crippen molar-refractivity contribution in [2.24, 2.45) is 0 Å². The molecule has 0 heterocycles. The Morgan fingerprint density at radius 2 is 1.47 bits per heavy atom. The van der Waals surface area contributed by atoms with Gasteiger partial charge in [0, 0.05) is 23.7 Å². The average molecular weight is 411 g/mol. The molecule has 0 radical (unpaired) electrons. The highest BCUT2D eigenvalue weighted by Gasteiger charge is 2.16. The van der Waals surface area contributed by atoms with Crippen LogP contribution < -0.4 is 20.1 Å². The predicted octanol–water partition coefficient (Wildman–Crippen LogP) is 4.09. The quantitative estimate of drug-likeness (QED) is 0.674. The van der Waals surface area contributed by atoms with Crippen molar-refractivity contribution in [3.8, 4) is 11.5 Å². The van der Waals surface area contributed by atoms with Crippen molar-refractivity contribution in [1.82, 2.24) is 10.6 Å². The summed E-state index contributed by atoms with van der Waals surface area (Å²) in [6, 6.07) is 12.7. The zero-order valence-electron chi connectivity index (χ0n) is 17.7. The van der Waals surface area contributed by atoms with Crippen LogP contribution in [0.2, 0.25) is 0 Å². The van der Waals surface area contributed by atoms with Crippen LogP contribution in [0.15, 0.2) is 42.5 Å². The monoisotopic (exact) mass is 410 g/mol. The fourth-order valence-electron chi connectivity index (χ4n) is 3.73. The number of amides is 2. The number of carbonyl (C=O) groups excluding carboxylic acids is 2. The third-order valence-corrected chi connectivity index (χ3v) is 5.51. The predicted molar refractivity (Wildman–Crippen MR) is 116 cm³/mol. The summed E-state index contributed by atoms with van der Waals surface area (Å²) in [5.41, 5.74) is 2.07. The summed E-state index contributed by atoms with van der Waals surface area (Å²) in [5, 5.41) is 6.05. The fraction of sp³-hybridized carbons (Fsp3) is 0.417. The normalized spacial score (nSPS) is 14.5. The highest BCUT2D eigenvalue weighted by Crippen LogP contribution is 2.27. The van der Waals surface area contributed by atoms with Crippen molar-refractivity contribution < 1.29 is 19.1 Å². The number of hydrogen-bond donors (Lipinski definition) is 2. The summed E-state index contributed by atoms with van der Waals surface area (Å²) in [7, 11) is 3.09. The Morgan fingerprint density at radius 1 is 0.833 bits per heavy atom. The molecule has 1 aliphatic rings. The van der Waals surface area contributed by atoms with E-state index in [2.05, 4.69) is 10.6 Å². The summed E-state index contributed by atoms with van der Waals surface area (Å²) < 4.78 is 10.4. The van der Waals surface area contributed by atoms with E-state index in [0.717, 1.165) is 18.4 Å². The summed E-state index contributed by atoms with van der Waals surface area (Å²) in [6.45, 7) is 0.373. The van der Waals surface area contributed by atoms with Gasteiger partial charge in [-0.15, -0.1) is 0 Å². The molecule has 1 aliphatic carbocycles. The smallest absolute Gasteiger partial charge is 0.251 e. The van der Waals surface area contributed by atoms with E-state index in [-0.39, 0.29) is 17.9 Å². The zero-order valence-corrected chi connectivity index (χ0v) is 17.7. The van der Waals surface area contributed by atoms with Gasteiger partial charge in [0.05, 0.1) is 14.2 Å². The molecule has 0 aromatic heterocycles. The summed E-state index contributed by atoms with van der Waals surface area (Å²) >= 11 is 0. The highest BCUT2D eigenvalue weighted by atomic mass is 16.5. The molecule has 6 heteroatoms. The molecule has 160 valence electrons. The Balaban J connectivity index is 1.54. The lowest BCUT2D eigenvalue weighted by Crippen LogP contribution is -2.34. The van der Waals surface area contributed by atoms with Crippen LogP contribution in [0.4, 0.5) is 0 Å². The maximum Gasteiger partial charge on any atom is 0.251 e. The first-order chi connectivity index (χ1) is 14.6. The number of benzene rings is 2. The van der Waals surface area contributed by atoms with Crippen molar-refractivity contribution in [3.05, 3.63) is 59.2 Å². The Morgan fingerprint density at radius 3 is 2.10 bits per heavy atom. The molecule has 2 amide bonds. The molecule has 30 heavy (non-hydrogen) atoms. The maximum atomic E-state index is 12.5. The summed E-state index contributed by atoms with van der Waals surface area (Å²) in [5.74, 6) is 0.856. The van der Waals surface area contributed by atoms with Crippen molar-refractivity contribution in [3.63, 3.8) is 0 Å². The van der Waals surface area contributed by atoms with Gasteiger partial charge in [0.25, 0.3) is 11.8 Å². The number of carbonyl (C=O) groups is 2. The minimum absolute atomic E-state index is 0.0252. The molecular formula is C24H30N2O4. The van der Waals surface area contributed by atoms with E-state index in [1.807, 2.05) is 24.3 Å². The van der Waals surface area contributed by atoms with E-state index in [1.54, 1.807) is 25.3 Å². The molecule has 0 unspecified atom stereocenters. The largest absolute Gasteiger partial charge is 0.493 e. The van der Waals surface area contributed by atoms with E-state index >= 15 is 0 Å². The SMILES string of the molecule is COc1ccc(C(=O)NCc2ccc(C(=O)NC3CCCCCC3)cc2)cc1OC. The number of hydrogen-bond acceptors (Lipinski definition) is 4. The van der Waals surface area contributed by atoms with Gasteiger partial charge < -0.3 is 20.1 Å². The molecule has 3 rings (SSSR count). The van der Waals surface area contributed by atoms with E-state index in [0.29, 0.717) is 29.2 Å². The standard InChI is InChI=1S/C24H30N2O4/c1-29-21-14-13-19(15-22(21)30-2)23(27)25-16-17-9-11-18(12-10-17)24(28)26-20-7-5-3-4-6-8-20/h9-15,20H,3-8,16H2,1-2H3,(H,25,27)(H,26,28). The van der Waals surface area contributed by atoms with E-state index in [4.69, 9.17) is 9.47 Å². The van der Waals surface area contributed by atoms with Crippen LogP contribution in [0.3, 0.4) is 0 Å².